The normalized spacial score (nSPS) is 10.7. The number of benzene rings is 1. The Balaban J connectivity index is 2.65. The van der Waals surface area contributed by atoms with Crippen molar-refractivity contribution >= 4 is 5.97 Å². The standard InChI is InChI=1S/C12H10F2N2O2/c1-6-8(3-7(13)4-9(6)14)11-5-10(12(17)18)15-16(11)2/h3-5H,1-2H3,(H,17,18). The zero-order chi connectivity index (χ0) is 13.4. The van der Waals surface area contributed by atoms with Crippen LogP contribution in [0.4, 0.5) is 8.78 Å². The lowest BCUT2D eigenvalue weighted by atomic mass is 10.0. The van der Waals surface area contributed by atoms with Gasteiger partial charge in [0.25, 0.3) is 0 Å². The summed E-state index contributed by atoms with van der Waals surface area (Å²) in [6.07, 6.45) is 0. The van der Waals surface area contributed by atoms with Crippen molar-refractivity contribution in [1.29, 1.82) is 0 Å². The van der Waals surface area contributed by atoms with E-state index in [1.165, 1.54) is 24.7 Å². The predicted molar refractivity (Wildman–Crippen MR) is 60.3 cm³/mol. The third-order valence-corrected chi connectivity index (χ3v) is 2.68. The van der Waals surface area contributed by atoms with Crippen LogP contribution in [0.15, 0.2) is 18.2 Å². The van der Waals surface area contributed by atoms with Crippen LogP contribution < -0.4 is 0 Å². The summed E-state index contributed by atoms with van der Waals surface area (Å²) < 4.78 is 27.9. The molecule has 4 nitrogen and oxygen atoms in total. The number of hydrogen-bond acceptors (Lipinski definition) is 2. The molecule has 0 radical (unpaired) electrons. The SMILES string of the molecule is Cc1c(F)cc(F)cc1-c1cc(C(=O)O)nn1C. The van der Waals surface area contributed by atoms with Crippen molar-refractivity contribution in [2.24, 2.45) is 7.05 Å². The van der Waals surface area contributed by atoms with Gasteiger partial charge in [-0.25, -0.2) is 13.6 Å². The third-order valence-electron chi connectivity index (χ3n) is 2.68. The molecule has 0 saturated carbocycles. The highest BCUT2D eigenvalue weighted by molar-refractivity contribution is 5.87. The second-order valence-electron chi connectivity index (χ2n) is 3.90. The van der Waals surface area contributed by atoms with Gasteiger partial charge in [0.2, 0.25) is 0 Å². The maximum Gasteiger partial charge on any atom is 0.356 e. The molecule has 1 heterocycles. The van der Waals surface area contributed by atoms with Crippen molar-refractivity contribution < 1.29 is 18.7 Å². The highest BCUT2D eigenvalue weighted by Gasteiger charge is 2.16. The summed E-state index contributed by atoms with van der Waals surface area (Å²) in [6, 6.07) is 3.22. The van der Waals surface area contributed by atoms with Gasteiger partial charge in [0.05, 0.1) is 5.69 Å². The summed E-state index contributed by atoms with van der Waals surface area (Å²) >= 11 is 0. The van der Waals surface area contributed by atoms with Gasteiger partial charge in [-0.05, 0) is 24.6 Å². The van der Waals surface area contributed by atoms with Crippen molar-refractivity contribution in [1.82, 2.24) is 9.78 Å². The number of rotatable bonds is 2. The van der Waals surface area contributed by atoms with Gasteiger partial charge < -0.3 is 5.11 Å². The lowest BCUT2D eigenvalue weighted by Gasteiger charge is -2.07. The van der Waals surface area contributed by atoms with E-state index in [9.17, 15) is 13.6 Å². The van der Waals surface area contributed by atoms with E-state index in [1.807, 2.05) is 0 Å². The molecule has 0 fully saturated rings. The highest BCUT2D eigenvalue weighted by Crippen LogP contribution is 2.26. The molecule has 1 aromatic heterocycles. The second kappa shape index (κ2) is 4.21. The van der Waals surface area contributed by atoms with Crippen LogP contribution >= 0.6 is 0 Å². The van der Waals surface area contributed by atoms with E-state index < -0.39 is 17.6 Å². The number of halogens is 2. The molecule has 0 unspecified atom stereocenters. The second-order valence-corrected chi connectivity index (χ2v) is 3.90. The molecular weight excluding hydrogens is 242 g/mol. The summed E-state index contributed by atoms with van der Waals surface area (Å²) in [5, 5.41) is 12.6. The molecule has 18 heavy (non-hydrogen) atoms. The maximum atomic E-state index is 13.4. The van der Waals surface area contributed by atoms with E-state index in [-0.39, 0.29) is 16.8 Å². The first kappa shape index (κ1) is 12.2. The first-order valence-electron chi connectivity index (χ1n) is 5.13. The van der Waals surface area contributed by atoms with Gasteiger partial charge in [0, 0.05) is 18.7 Å². The van der Waals surface area contributed by atoms with Gasteiger partial charge in [0.1, 0.15) is 11.6 Å². The number of nitrogens with zero attached hydrogens (tertiary/aromatic N) is 2. The Bertz CT molecular complexity index is 635. The Morgan fingerprint density at radius 3 is 2.56 bits per heavy atom. The van der Waals surface area contributed by atoms with E-state index >= 15 is 0 Å². The summed E-state index contributed by atoms with van der Waals surface area (Å²) in [6.45, 7) is 1.50. The van der Waals surface area contributed by atoms with Crippen LogP contribution in [0.1, 0.15) is 16.1 Å². The average Bonchev–Trinajstić information content (AvgIpc) is 2.66. The first-order chi connectivity index (χ1) is 8.40. The Kier molecular flexibility index (Phi) is 2.86. The smallest absolute Gasteiger partial charge is 0.356 e. The average molecular weight is 252 g/mol. The quantitative estimate of drug-likeness (QED) is 0.892. The Labute approximate surface area is 101 Å². The first-order valence-corrected chi connectivity index (χ1v) is 5.13. The Hall–Kier alpha value is -2.24. The van der Waals surface area contributed by atoms with Crippen LogP contribution in [-0.2, 0) is 7.05 Å². The van der Waals surface area contributed by atoms with Crippen LogP contribution in [-0.4, -0.2) is 20.9 Å². The zero-order valence-electron chi connectivity index (χ0n) is 9.74. The van der Waals surface area contributed by atoms with Crippen molar-refractivity contribution in [3.8, 4) is 11.3 Å². The molecule has 2 aromatic rings. The van der Waals surface area contributed by atoms with Crippen LogP contribution in [0.5, 0.6) is 0 Å². The third kappa shape index (κ3) is 1.97. The van der Waals surface area contributed by atoms with Gasteiger partial charge in [-0.1, -0.05) is 0 Å². The molecule has 0 saturated heterocycles. The lowest BCUT2D eigenvalue weighted by Crippen LogP contribution is -2.00. The van der Waals surface area contributed by atoms with Crippen molar-refractivity contribution in [3.63, 3.8) is 0 Å². The molecular formula is C12H10F2N2O2. The Morgan fingerprint density at radius 2 is 2.00 bits per heavy atom. The predicted octanol–water partition coefficient (Wildman–Crippen LogP) is 2.37. The summed E-state index contributed by atoms with van der Waals surface area (Å²) in [5.41, 5.74) is 0.714. The number of carboxylic acids is 1. The molecule has 0 spiro atoms. The molecule has 0 bridgehead atoms. The summed E-state index contributed by atoms with van der Waals surface area (Å²) in [4.78, 5) is 10.8. The summed E-state index contributed by atoms with van der Waals surface area (Å²) in [5.74, 6) is -2.58. The van der Waals surface area contributed by atoms with E-state index in [2.05, 4.69) is 5.10 Å². The number of carbonyl (C=O) groups is 1. The van der Waals surface area contributed by atoms with Crippen LogP contribution in [0.25, 0.3) is 11.3 Å². The maximum absolute atomic E-state index is 13.4. The number of hydrogen-bond donors (Lipinski definition) is 1. The topological polar surface area (TPSA) is 55.1 Å². The van der Waals surface area contributed by atoms with Gasteiger partial charge >= 0.3 is 5.97 Å². The van der Waals surface area contributed by atoms with Crippen LogP contribution in [0.2, 0.25) is 0 Å². The molecule has 0 atom stereocenters. The van der Waals surface area contributed by atoms with Crippen LogP contribution in [0, 0.1) is 18.6 Å². The fourth-order valence-electron chi connectivity index (χ4n) is 1.74. The molecule has 0 aliphatic carbocycles. The monoisotopic (exact) mass is 252 g/mol. The fourth-order valence-corrected chi connectivity index (χ4v) is 1.74. The van der Waals surface area contributed by atoms with Crippen molar-refractivity contribution in [2.75, 3.05) is 0 Å². The Morgan fingerprint density at radius 1 is 1.33 bits per heavy atom. The van der Waals surface area contributed by atoms with Crippen molar-refractivity contribution in [3.05, 3.63) is 41.1 Å². The van der Waals surface area contributed by atoms with E-state index in [0.717, 1.165) is 12.1 Å². The molecule has 0 aliphatic heterocycles. The molecule has 94 valence electrons. The number of aromatic carboxylic acids is 1. The lowest BCUT2D eigenvalue weighted by molar-refractivity contribution is 0.0689. The van der Waals surface area contributed by atoms with Crippen LogP contribution in [0.3, 0.4) is 0 Å². The van der Waals surface area contributed by atoms with Gasteiger partial charge in [-0.2, -0.15) is 5.10 Å². The largest absolute Gasteiger partial charge is 0.476 e. The molecule has 1 aromatic carbocycles. The molecule has 0 aliphatic rings. The van der Waals surface area contributed by atoms with E-state index in [0.29, 0.717) is 5.69 Å². The highest BCUT2D eigenvalue weighted by atomic mass is 19.1. The van der Waals surface area contributed by atoms with Gasteiger partial charge in [-0.15, -0.1) is 0 Å². The minimum Gasteiger partial charge on any atom is -0.476 e. The molecule has 0 amide bonds. The zero-order valence-corrected chi connectivity index (χ0v) is 9.74. The minimum absolute atomic E-state index is 0.170. The van der Waals surface area contributed by atoms with E-state index in [1.54, 1.807) is 0 Å². The molecule has 2 rings (SSSR count). The number of carboxylic acid groups (broad SMARTS) is 1. The van der Waals surface area contributed by atoms with Gasteiger partial charge in [-0.3, -0.25) is 4.68 Å². The molecule has 6 heteroatoms. The fraction of sp³-hybridized carbons (Fsp3) is 0.167. The number of aryl methyl sites for hydroxylation is 1. The summed E-state index contributed by atoms with van der Waals surface area (Å²) in [7, 11) is 1.52. The number of aromatic nitrogens is 2. The van der Waals surface area contributed by atoms with E-state index in [4.69, 9.17) is 5.11 Å². The van der Waals surface area contributed by atoms with Crippen molar-refractivity contribution in [2.45, 2.75) is 6.92 Å². The minimum atomic E-state index is -1.19. The van der Waals surface area contributed by atoms with Gasteiger partial charge in [0.15, 0.2) is 5.69 Å². The molecule has 1 N–H and O–H groups in total.